The largest absolute Gasteiger partial charge is 0.322 e. The molecule has 4 rings (SSSR count). The lowest BCUT2D eigenvalue weighted by Gasteiger charge is -2.13. The minimum absolute atomic E-state index is 0.198. The minimum Gasteiger partial charge on any atom is -0.322 e. The average Bonchev–Trinajstić information content (AvgIpc) is 3.41. The fraction of sp³-hybridized carbons (Fsp3) is 0.375. The molecule has 0 bridgehead atoms. The summed E-state index contributed by atoms with van der Waals surface area (Å²) in [6.45, 7) is 2.33. The fourth-order valence-corrected chi connectivity index (χ4v) is 6.19. The predicted molar refractivity (Wildman–Crippen MR) is 121 cm³/mol. The fourth-order valence-electron chi connectivity index (χ4n) is 4.30. The van der Waals surface area contributed by atoms with Gasteiger partial charge in [0.15, 0.2) is 9.84 Å². The molecule has 2 aromatic rings. The molecular weight excluding hydrogens is 428 g/mol. The maximum absolute atomic E-state index is 12.9. The number of unbranched alkanes of at least 4 members (excludes halogenated alkanes) is 1. The number of nitrogens with zero attached hydrogens (tertiary/aromatic N) is 1. The zero-order valence-electron chi connectivity index (χ0n) is 18.0. The molecule has 1 fully saturated rings. The van der Waals surface area contributed by atoms with Gasteiger partial charge in [-0.1, -0.05) is 32.3 Å². The van der Waals surface area contributed by atoms with Gasteiger partial charge < -0.3 is 5.32 Å². The first-order chi connectivity index (χ1) is 15.3. The third kappa shape index (κ3) is 4.07. The van der Waals surface area contributed by atoms with Gasteiger partial charge in [-0.2, -0.15) is 0 Å². The van der Waals surface area contributed by atoms with Gasteiger partial charge in [-0.25, -0.2) is 8.42 Å². The lowest BCUT2D eigenvalue weighted by molar-refractivity contribution is 0.0652. The number of hydrogen-bond donors (Lipinski definition) is 1. The Morgan fingerprint density at radius 1 is 1.03 bits per heavy atom. The summed E-state index contributed by atoms with van der Waals surface area (Å²) >= 11 is 0. The number of fused-ring (bicyclic) bond motifs is 1. The second kappa shape index (κ2) is 8.86. The molecule has 0 unspecified atom stereocenters. The molecular formula is C24H26N2O5S. The monoisotopic (exact) mass is 454 g/mol. The number of imide groups is 1. The molecule has 0 saturated heterocycles. The van der Waals surface area contributed by atoms with E-state index < -0.39 is 21.7 Å². The topological polar surface area (TPSA) is 101 Å². The van der Waals surface area contributed by atoms with Crippen molar-refractivity contribution in [2.75, 3.05) is 11.9 Å². The Labute approximate surface area is 187 Å². The van der Waals surface area contributed by atoms with Crippen LogP contribution >= 0.6 is 0 Å². The highest BCUT2D eigenvalue weighted by molar-refractivity contribution is 7.92. The van der Waals surface area contributed by atoms with Crippen molar-refractivity contribution in [3.63, 3.8) is 0 Å². The molecule has 32 heavy (non-hydrogen) atoms. The zero-order chi connectivity index (χ0) is 22.9. The van der Waals surface area contributed by atoms with E-state index in [1.54, 1.807) is 18.2 Å². The molecule has 168 valence electrons. The van der Waals surface area contributed by atoms with E-state index in [0.29, 0.717) is 30.6 Å². The third-order valence-corrected chi connectivity index (χ3v) is 8.39. The van der Waals surface area contributed by atoms with Crippen LogP contribution in [-0.4, -0.2) is 42.8 Å². The first-order valence-corrected chi connectivity index (χ1v) is 12.5. The van der Waals surface area contributed by atoms with Gasteiger partial charge in [0, 0.05) is 17.8 Å². The molecule has 2 aliphatic rings. The second-order valence-corrected chi connectivity index (χ2v) is 10.5. The standard InChI is InChI=1S/C24H26N2O5S/c1-2-3-13-26-23(28)20-12-11-16(14-21(20)24(26)29)22(27)25-17-7-6-10-19(15-17)32(30,31)18-8-4-5-9-18/h6-7,10-12,14-15,18H,2-5,8-9,13H2,1H3,(H,25,27). The quantitative estimate of drug-likeness (QED) is 0.636. The van der Waals surface area contributed by atoms with E-state index >= 15 is 0 Å². The van der Waals surface area contributed by atoms with Gasteiger partial charge in [-0.3, -0.25) is 19.3 Å². The third-order valence-electron chi connectivity index (χ3n) is 6.13. The molecule has 0 aromatic heterocycles. The Kier molecular flexibility index (Phi) is 6.15. The summed E-state index contributed by atoms with van der Waals surface area (Å²) in [7, 11) is -3.44. The molecule has 7 nitrogen and oxygen atoms in total. The molecule has 0 radical (unpaired) electrons. The van der Waals surface area contributed by atoms with Gasteiger partial charge in [0.05, 0.1) is 21.3 Å². The van der Waals surface area contributed by atoms with Gasteiger partial charge in [-0.05, 0) is 55.7 Å². The van der Waals surface area contributed by atoms with Crippen LogP contribution in [0.2, 0.25) is 0 Å². The highest BCUT2D eigenvalue weighted by Gasteiger charge is 2.35. The molecule has 1 heterocycles. The van der Waals surface area contributed by atoms with Crippen molar-refractivity contribution in [3.8, 4) is 0 Å². The Balaban J connectivity index is 1.53. The molecule has 1 aliphatic carbocycles. The van der Waals surface area contributed by atoms with Crippen LogP contribution in [0.4, 0.5) is 5.69 Å². The van der Waals surface area contributed by atoms with Crippen molar-refractivity contribution in [1.82, 2.24) is 4.90 Å². The van der Waals surface area contributed by atoms with Crippen molar-refractivity contribution in [2.24, 2.45) is 0 Å². The molecule has 3 amide bonds. The Morgan fingerprint density at radius 3 is 2.47 bits per heavy atom. The van der Waals surface area contributed by atoms with Crippen LogP contribution in [0.5, 0.6) is 0 Å². The van der Waals surface area contributed by atoms with E-state index in [4.69, 9.17) is 0 Å². The summed E-state index contributed by atoms with van der Waals surface area (Å²) in [5.74, 6) is -1.21. The van der Waals surface area contributed by atoms with Crippen LogP contribution in [0.25, 0.3) is 0 Å². The number of hydrogen-bond acceptors (Lipinski definition) is 5. The summed E-state index contributed by atoms with van der Waals surface area (Å²) in [5.41, 5.74) is 1.11. The first kappa shape index (κ1) is 22.2. The van der Waals surface area contributed by atoms with Crippen molar-refractivity contribution in [1.29, 1.82) is 0 Å². The summed E-state index contributed by atoms with van der Waals surface area (Å²) in [5, 5.41) is 2.34. The van der Waals surface area contributed by atoms with Gasteiger partial charge >= 0.3 is 0 Å². The highest BCUT2D eigenvalue weighted by Crippen LogP contribution is 2.31. The highest BCUT2D eigenvalue weighted by atomic mass is 32.2. The summed E-state index contributed by atoms with van der Waals surface area (Å²) in [6.07, 6.45) is 4.73. The van der Waals surface area contributed by atoms with Crippen LogP contribution in [-0.2, 0) is 9.84 Å². The normalized spacial score (nSPS) is 16.5. The predicted octanol–water partition coefficient (Wildman–Crippen LogP) is 4.05. The van der Waals surface area contributed by atoms with Crippen molar-refractivity contribution in [3.05, 3.63) is 59.2 Å². The van der Waals surface area contributed by atoms with Crippen molar-refractivity contribution < 1.29 is 22.8 Å². The Bertz CT molecular complexity index is 1180. The molecule has 2 aromatic carbocycles. The molecule has 1 N–H and O–H groups in total. The van der Waals surface area contributed by atoms with E-state index in [0.717, 1.165) is 25.7 Å². The summed E-state index contributed by atoms with van der Waals surface area (Å²) < 4.78 is 25.7. The smallest absolute Gasteiger partial charge is 0.261 e. The van der Waals surface area contributed by atoms with Crippen LogP contribution in [0, 0.1) is 0 Å². The molecule has 0 spiro atoms. The van der Waals surface area contributed by atoms with Crippen LogP contribution < -0.4 is 5.32 Å². The van der Waals surface area contributed by atoms with Crippen molar-refractivity contribution in [2.45, 2.75) is 55.6 Å². The molecule has 0 atom stereocenters. The van der Waals surface area contributed by atoms with Crippen LogP contribution in [0.1, 0.15) is 76.5 Å². The number of nitrogens with one attached hydrogen (secondary N) is 1. The number of amides is 3. The first-order valence-electron chi connectivity index (χ1n) is 11.0. The second-order valence-electron chi connectivity index (χ2n) is 8.31. The number of carbonyl (C=O) groups is 3. The van der Waals surface area contributed by atoms with Gasteiger partial charge in [0.1, 0.15) is 0 Å². The van der Waals surface area contributed by atoms with E-state index in [-0.39, 0.29) is 27.2 Å². The number of sulfone groups is 1. The molecule has 1 aliphatic heterocycles. The minimum atomic E-state index is -3.44. The lowest BCUT2D eigenvalue weighted by Crippen LogP contribution is -2.30. The maximum atomic E-state index is 12.9. The SMILES string of the molecule is CCCCN1C(=O)c2ccc(C(=O)Nc3cccc(S(=O)(=O)C4CCCC4)c3)cc2C1=O. The van der Waals surface area contributed by atoms with E-state index in [9.17, 15) is 22.8 Å². The van der Waals surface area contributed by atoms with Gasteiger partial charge in [0.25, 0.3) is 17.7 Å². The molecule has 8 heteroatoms. The number of rotatable bonds is 7. The van der Waals surface area contributed by atoms with Gasteiger partial charge in [-0.15, -0.1) is 0 Å². The summed E-state index contributed by atoms with van der Waals surface area (Å²) in [6, 6.07) is 10.7. The number of benzene rings is 2. The maximum Gasteiger partial charge on any atom is 0.261 e. The lowest BCUT2D eigenvalue weighted by atomic mass is 10.1. The Hall–Kier alpha value is -3.00. The van der Waals surface area contributed by atoms with E-state index in [1.165, 1.54) is 29.2 Å². The number of carbonyl (C=O) groups excluding carboxylic acids is 3. The van der Waals surface area contributed by atoms with Crippen LogP contribution in [0.3, 0.4) is 0 Å². The summed E-state index contributed by atoms with van der Waals surface area (Å²) in [4.78, 5) is 39.3. The average molecular weight is 455 g/mol. The van der Waals surface area contributed by atoms with E-state index in [1.807, 2.05) is 6.92 Å². The Morgan fingerprint density at radius 2 is 1.75 bits per heavy atom. The molecule has 1 saturated carbocycles. The van der Waals surface area contributed by atoms with Gasteiger partial charge in [0.2, 0.25) is 0 Å². The van der Waals surface area contributed by atoms with Crippen LogP contribution in [0.15, 0.2) is 47.4 Å². The zero-order valence-corrected chi connectivity index (χ0v) is 18.8. The van der Waals surface area contributed by atoms with E-state index in [2.05, 4.69) is 5.32 Å². The number of anilines is 1. The van der Waals surface area contributed by atoms with Crippen molar-refractivity contribution >= 4 is 33.2 Å².